The van der Waals surface area contributed by atoms with Crippen LogP contribution in [0.3, 0.4) is 0 Å². The van der Waals surface area contributed by atoms with Gasteiger partial charge in [0.15, 0.2) is 0 Å². The third kappa shape index (κ3) is 3.04. The maximum absolute atomic E-state index is 8.65. The van der Waals surface area contributed by atoms with E-state index in [2.05, 4.69) is 20.2 Å². The summed E-state index contributed by atoms with van der Waals surface area (Å²) in [6, 6.07) is 4.27. The van der Waals surface area contributed by atoms with Gasteiger partial charge in [-0.05, 0) is 36.8 Å². The number of ether oxygens (including phenoxy) is 2. The van der Waals surface area contributed by atoms with Crippen LogP contribution in [0.1, 0.15) is 23.6 Å². The van der Waals surface area contributed by atoms with Gasteiger partial charge in [0.25, 0.3) is 0 Å². The topological polar surface area (TPSA) is 93.8 Å². The molecule has 1 saturated carbocycles. The molecule has 0 bridgehead atoms. The summed E-state index contributed by atoms with van der Waals surface area (Å²) in [5.41, 5.74) is 3.34. The zero-order valence-electron chi connectivity index (χ0n) is 13.7. The molecule has 2 aromatic heterocycles. The standard InChI is InChI=1S/C17H17N5O2/c1-10-12(13-7-11(13)5-4-6-18)8-15(22-21-10)14-9-19-17(24-3)20-16(14)23-2/h4-5,8-9,11,13H,7H2,1-3H3/b5-4+/t11-,13-/m0/s1. The molecule has 1 aliphatic carbocycles. The van der Waals surface area contributed by atoms with Crippen molar-refractivity contribution in [3.05, 3.63) is 35.7 Å². The molecule has 0 spiro atoms. The first-order valence-corrected chi connectivity index (χ1v) is 7.53. The summed E-state index contributed by atoms with van der Waals surface area (Å²) in [5, 5.41) is 17.2. The Kier molecular flexibility index (Phi) is 4.38. The molecule has 3 rings (SSSR count). The summed E-state index contributed by atoms with van der Waals surface area (Å²) in [6.07, 6.45) is 6.12. The molecule has 0 aromatic carbocycles. The summed E-state index contributed by atoms with van der Waals surface area (Å²) in [5.74, 6) is 1.14. The molecule has 0 radical (unpaired) electrons. The summed E-state index contributed by atoms with van der Waals surface area (Å²) < 4.78 is 10.3. The van der Waals surface area contributed by atoms with Crippen LogP contribution in [0.5, 0.6) is 11.9 Å². The van der Waals surface area contributed by atoms with E-state index in [1.165, 1.54) is 20.3 Å². The molecule has 122 valence electrons. The fourth-order valence-electron chi connectivity index (χ4n) is 2.71. The van der Waals surface area contributed by atoms with Gasteiger partial charge in [-0.3, -0.25) is 0 Å². The lowest BCUT2D eigenvalue weighted by Crippen LogP contribution is -2.01. The Hall–Kier alpha value is -3.01. The van der Waals surface area contributed by atoms with Gasteiger partial charge in [0.05, 0.1) is 31.5 Å². The van der Waals surface area contributed by atoms with E-state index >= 15 is 0 Å². The Morgan fingerprint density at radius 1 is 1.29 bits per heavy atom. The monoisotopic (exact) mass is 323 g/mol. The van der Waals surface area contributed by atoms with Crippen molar-refractivity contribution < 1.29 is 9.47 Å². The molecule has 0 unspecified atom stereocenters. The van der Waals surface area contributed by atoms with Gasteiger partial charge >= 0.3 is 6.01 Å². The third-order valence-corrected chi connectivity index (χ3v) is 4.06. The van der Waals surface area contributed by atoms with Crippen molar-refractivity contribution in [1.29, 1.82) is 5.26 Å². The molecule has 0 N–H and O–H groups in total. The quantitative estimate of drug-likeness (QED) is 0.780. The van der Waals surface area contributed by atoms with Crippen LogP contribution < -0.4 is 9.47 Å². The van der Waals surface area contributed by atoms with Crippen LogP contribution in [-0.4, -0.2) is 34.4 Å². The van der Waals surface area contributed by atoms with Gasteiger partial charge in [-0.15, -0.1) is 5.10 Å². The Morgan fingerprint density at radius 3 is 2.83 bits per heavy atom. The van der Waals surface area contributed by atoms with Gasteiger partial charge in [-0.2, -0.15) is 15.3 Å². The number of nitrogens with zero attached hydrogens (tertiary/aromatic N) is 5. The zero-order valence-corrected chi connectivity index (χ0v) is 13.7. The van der Waals surface area contributed by atoms with Crippen molar-refractivity contribution in [3.63, 3.8) is 0 Å². The molecule has 0 aliphatic heterocycles. The minimum absolute atomic E-state index is 0.236. The van der Waals surface area contributed by atoms with E-state index in [9.17, 15) is 0 Å². The van der Waals surface area contributed by atoms with Crippen LogP contribution >= 0.6 is 0 Å². The minimum atomic E-state index is 0.236. The smallest absolute Gasteiger partial charge is 0.319 e. The highest BCUT2D eigenvalue weighted by Crippen LogP contribution is 2.49. The number of allylic oxidation sites excluding steroid dienone is 2. The van der Waals surface area contributed by atoms with Crippen molar-refractivity contribution in [1.82, 2.24) is 20.2 Å². The normalized spacial score (nSPS) is 19.1. The molecular formula is C17H17N5O2. The van der Waals surface area contributed by atoms with Crippen LogP contribution in [0.2, 0.25) is 0 Å². The molecule has 1 aliphatic rings. The lowest BCUT2D eigenvalue weighted by molar-refractivity contribution is 0.353. The number of aryl methyl sites for hydroxylation is 1. The van der Waals surface area contributed by atoms with Crippen molar-refractivity contribution in [2.75, 3.05) is 14.2 Å². The third-order valence-electron chi connectivity index (χ3n) is 4.06. The van der Waals surface area contributed by atoms with E-state index in [-0.39, 0.29) is 6.01 Å². The summed E-state index contributed by atoms with van der Waals surface area (Å²) >= 11 is 0. The molecule has 2 aromatic rings. The second-order valence-corrected chi connectivity index (χ2v) is 5.54. The number of rotatable bonds is 5. The molecule has 0 amide bonds. The maximum Gasteiger partial charge on any atom is 0.319 e. The van der Waals surface area contributed by atoms with Crippen LogP contribution in [0.4, 0.5) is 0 Å². The first kappa shape index (κ1) is 15.9. The van der Waals surface area contributed by atoms with Crippen molar-refractivity contribution >= 4 is 0 Å². The summed E-state index contributed by atoms with van der Waals surface area (Å²) in [4.78, 5) is 8.31. The SMILES string of the molecule is COc1ncc(-c2cc([C@H]3C[C@@H]3/C=C/C#N)c(C)nn2)c(OC)n1. The van der Waals surface area contributed by atoms with Gasteiger partial charge < -0.3 is 9.47 Å². The predicted molar refractivity (Wildman–Crippen MR) is 86.5 cm³/mol. The van der Waals surface area contributed by atoms with Crippen LogP contribution in [-0.2, 0) is 0 Å². The highest BCUT2D eigenvalue weighted by atomic mass is 16.5. The van der Waals surface area contributed by atoms with Gasteiger partial charge in [0, 0.05) is 12.3 Å². The number of hydrogen-bond donors (Lipinski definition) is 0. The lowest BCUT2D eigenvalue weighted by atomic mass is 10.1. The molecule has 2 heterocycles. The molecule has 7 heteroatoms. The van der Waals surface area contributed by atoms with Crippen LogP contribution in [0.15, 0.2) is 24.4 Å². The van der Waals surface area contributed by atoms with E-state index in [0.29, 0.717) is 29.0 Å². The lowest BCUT2D eigenvalue weighted by Gasteiger charge is -2.09. The largest absolute Gasteiger partial charge is 0.480 e. The van der Waals surface area contributed by atoms with Crippen molar-refractivity contribution in [2.45, 2.75) is 19.3 Å². The first-order chi connectivity index (χ1) is 11.7. The van der Waals surface area contributed by atoms with Gasteiger partial charge in [0.1, 0.15) is 5.69 Å². The van der Waals surface area contributed by atoms with E-state index in [0.717, 1.165) is 17.7 Å². The summed E-state index contributed by atoms with van der Waals surface area (Å²) in [7, 11) is 3.04. The number of nitriles is 1. The Morgan fingerprint density at radius 2 is 2.12 bits per heavy atom. The Balaban J connectivity index is 1.95. The average Bonchev–Trinajstić information content (AvgIpc) is 3.39. The number of aromatic nitrogens is 4. The fourth-order valence-corrected chi connectivity index (χ4v) is 2.71. The molecule has 1 fully saturated rings. The highest BCUT2D eigenvalue weighted by molar-refractivity contribution is 5.65. The second kappa shape index (κ2) is 6.62. The van der Waals surface area contributed by atoms with E-state index in [4.69, 9.17) is 14.7 Å². The van der Waals surface area contributed by atoms with Gasteiger partial charge in [0.2, 0.25) is 5.88 Å². The predicted octanol–water partition coefficient (Wildman–Crippen LogP) is 2.44. The summed E-state index contributed by atoms with van der Waals surface area (Å²) in [6.45, 7) is 1.94. The van der Waals surface area contributed by atoms with Crippen LogP contribution in [0.25, 0.3) is 11.3 Å². The molecule has 7 nitrogen and oxygen atoms in total. The van der Waals surface area contributed by atoms with E-state index in [1.54, 1.807) is 6.20 Å². The minimum Gasteiger partial charge on any atom is -0.480 e. The van der Waals surface area contributed by atoms with E-state index < -0.39 is 0 Å². The highest BCUT2D eigenvalue weighted by Gasteiger charge is 2.37. The van der Waals surface area contributed by atoms with Crippen LogP contribution in [0, 0.1) is 24.2 Å². The zero-order chi connectivity index (χ0) is 17.1. The molecule has 0 saturated heterocycles. The molecule has 24 heavy (non-hydrogen) atoms. The maximum atomic E-state index is 8.65. The van der Waals surface area contributed by atoms with E-state index in [1.807, 2.05) is 25.1 Å². The first-order valence-electron chi connectivity index (χ1n) is 7.53. The fraction of sp³-hybridized carbons (Fsp3) is 0.353. The second-order valence-electron chi connectivity index (χ2n) is 5.54. The number of hydrogen-bond acceptors (Lipinski definition) is 7. The van der Waals surface area contributed by atoms with Crippen molar-refractivity contribution in [2.24, 2.45) is 5.92 Å². The molecule has 2 atom stereocenters. The molecular weight excluding hydrogens is 306 g/mol. The Labute approximate surface area is 140 Å². The average molecular weight is 323 g/mol. The van der Waals surface area contributed by atoms with Gasteiger partial charge in [-0.25, -0.2) is 4.98 Å². The number of methoxy groups -OCH3 is 2. The van der Waals surface area contributed by atoms with Gasteiger partial charge in [-0.1, -0.05) is 6.08 Å². The van der Waals surface area contributed by atoms with Crippen molar-refractivity contribution in [3.8, 4) is 29.2 Å². The Bertz CT molecular complexity index is 828.